The summed E-state index contributed by atoms with van der Waals surface area (Å²) in [6.45, 7) is 0. The summed E-state index contributed by atoms with van der Waals surface area (Å²) in [6, 6.07) is 14.6. The van der Waals surface area contributed by atoms with Crippen LogP contribution < -0.4 is 10.1 Å². The van der Waals surface area contributed by atoms with E-state index in [1.54, 1.807) is 23.9 Å². The molecule has 1 N–H and O–H groups in total. The largest absolute Gasteiger partial charge is 0.438 e. The van der Waals surface area contributed by atoms with Gasteiger partial charge >= 0.3 is 12.3 Å². The first-order valence-electron chi connectivity index (χ1n) is 8.11. The SMILES string of the molecule is CSc1ccccc1-c1ccccc1NC(=O)Oc1cn(C)nc1C(F)(F)F. The fourth-order valence-electron chi connectivity index (χ4n) is 2.67. The molecule has 0 saturated carbocycles. The van der Waals surface area contributed by atoms with Gasteiger partial charge in [-0.05, 0) is 24.0 Å². The lowest BCUT2D eigenvalue weighted by Gasteiger charge is -2.14. The van der Waals surface area contributed by atoms with E-state index in [4.69, 9.17) is 4.74 Å². The van der Waals surface area contributed by atoms with Crippen LogP contribution in [0, 0.1) is 0 Å². The van der Waals surface area contributed by atoms with Gasteiger partial charge in [-0.25, -0.2) is 4.79 Å². The van der Waals surface area contributed by atoms with Crippen molar-refractivity contribution in [3.63, 3.8) is 0 Å². The summed E-state index contributed by atoms with van der Waals surface area (Å²) in [5.74, 6) is -0.658. The number of carbonyl (C=O) groups excluding carboxylic acids is 1. The number of benzene rings is 2. The minimum absolute atomic E-state index is 0.423. The number of anilines is 1. The Morgan fingerprint density at radius 2 is 1.75 bits per heavy atom. The van der Waals surface area contributed by atoms with E-state index in [0.29, 0.717) is 5.69 Å². The van der Waals surface area contributed by atoms with E-state index < -0.39 is 23.7 Å². The second-order valence-corrected chi connectivity index (χ2v) is 6.62. The Morgan fingerprint density at radius 3 is 2.43 bits per heavy atom. The molecule has 0 saturated heterocycles. The number of hydrogen-bond acceptors (Lipinski definition) is 4. The van der Waals surface area contributed by atoms with Crippen LogP contribution >= 0.6 is 11.8 Å². The highest BCUT2D eigenvalue weighted by atomic mass is 32.2. The highest BCUT2D eigenvalue weighted by molar-refractivity contribution is 7.98. The molecule has 28 heavy (non-hydrogen) atoms. The number of alkyl halides is 3. The van der Waals surface area contributed by atoms with Crippen LogP contribution in [0.2, 0.25) is 0 Å². The molecule has 1 aromatic heterocycles. The number of halogens is 3. The number of para-hydroxylation sites is 1. The van der Waals surface area contributed by atoms with Gasteiger partial charge in [0.15, 0.2) is 5.75 Å². The van der Waals surface area contributed by atoms with Crippen molar-refractivity contribution in [2.75, 3.05) is 11.6 Å². The standard InChI is InChI=1S/C19H16F3N3O2S/c1-25-11-15(17(24-25)19(20,21)22)27-18(26)23-14-9-5-3-7-12(14)13-8-4-6-10-16(13)28-2/h3-11H,1-2H3,(H,23,26). The topological polar surface area (TPSA) is 56.1 Å². The second-order valence-electron chi connectivity index (χ2n) is 5.77. The Balaban J connectivity index is 1.87. The van der Waals surface area contributed by atoms with Gasteiger partial charge in [-0.15, -0.1) is 11.8 Å². The first kappa shape index (κ1) is 19.8. The maximum absolute atomic E-state index is 13.0. The fraction of sp³-hybridized carbons (Fsp3) is 0.158. The minimum Gasteiger partial charge on any atom is -0.406 e. The molecule has 2 aromatic carbocycles. The van der Waals surface area contributed by atoms with Crippen LogP contribution in [-0.2, 0) is 13.2 Å². The predicted octanol–water partition coefficient (Wildman–Crippen LogP) is 5.44. The lowest BCUT2D eigenvalue weighted by atomic mass is 10.0. The Hall–Kier alpha value is -2.94. The quantitative estimate of drug-likeness (QED) is 0.585. The molecular weight excluding hydrogens is 391 g/mol. The lowest BCUT2D eigenvalue weighted by molar-refractivity contribution is -0.142. The number of nitrogens with zero attached hydrogens (tertiary/aromatic N) is 2. The molecule has 5 nitrogen and oxygen atoms in total. The summed E-state index contributed by atoms with van der Waals surface area (Å²) in [6.07, 6.45) is -2.83. The number of carbonyl (C=O) groups is 1. The third kappa shape index (κ3) is 4.30. The van der Waals surface area contributed by atoms with Crippen molar-refractivity contribution in [3.05, 3.63) is 60.4 Å². The average Bonchev–Trinajstić information content (AvgIpc) is 3.02. The van der Waals surface area contributed by atoms with Crippen LogP contribution in [0.15, 0.2) is 59.6 Å². The average molecular weight is 407 g/mol. The molecule has 1 amide bonds. The van der Waals surface area contributed by atoms with Gasteiger partial charge in [0, 0.05) is 17.5 Å². The highest BCUT2D eigenvalue weighted by Crippen LogP contribution is 2.36. The molecule has 0 aliphatic heterocycles. The van der Waals surface area contributed by atoms with E-state index >= 15 is 0 Å². The molecule has 0 aliphatic rings. The van der Waals surface area contributed by atoms with Crippen molar-refractivity contribution in [2.24, 2.45) is 7.05 Å². The van der Waals surface area contributed by atoms with Gasteiger partial charge in [0.1, 0.15) is 0 Å². The molecular formula is C19H16F3N3O2S. The zero-order valence-electron chi connectivity index (χ0n) is 14.9. The normalized spacial score (nSPS) is 11.3. The fourth-order valence-corrected chi connectivity index (χ4v) is 3.28. The van der Waals surface area contributed by atoms with Gasteiger partial charge in [-0.1, -0.05) is 36.4 Å². The number of hydrogen-bond donors (Lipinski definition) is 1. The predicted molar refractivity (Wildman–Crippen MR) is 102 cm³/mol. The molecule has 0 spiro atoms. The van der Waals surface area contributed by atoms with Crippen molar-refractivity contribution >= 4 is 23.5 Å². The smallest absolute Gasteiger partial charge is 0.406 e. The van der Waals surface area contributed by atoms with Gasteiger partial charge in [-0.3, -0.25) is 10.00 Å². The highest BCUT2D eigenvalue weighted by Gasteiger charge is 2.38. The number of rotatable bonds is 4. The van der Waals surface area contributed by atoms with Crippen molar-refractivity contribution in [3.8, 4) is 16.9 Å². The van der Waals surface area contributed by atoms with E-state index in [1.807, 2.05) is 42.7 Å². The maximum Gasteiger partial charge on any atom is 0.438 e. The monoisotopic (exact) mass is 407 g/mol. The lowest BCUT2D eigenvalue weighted by Crippen LogP contribution is -2.19. The summed E-state index contributed by atoms with van der Waals surface area (Å²) in [7, 11) is 1.31. The Bertz CT molecular complexity index is 1000. The summed E-state index contributed by atoms with van der Waals surface area (Å²) in [5, 5.41) is 5.84. The van der Waals surface area contributed by atoms with Crippen LogP contribution in [0.1, 0.15) is 5.69 Å². The number of aryl methyl sites for hydroxylation is 1. The summed E-state index contributed by atoms with van der Waals surface area (Å²) in [4.78, 5) is 13.3. The van der Waals surface area contributed by atoms with Crippen LogP contribution in [0.3, 0.4) is 0 Å². The molecule has 3 aromatic rings. The van der Waals surface area contributed by atoms with E-state index in [9.17, 15) is 18.0 Å². The molecule has 0 atom stereocenters. The van der Waals surface area contributed by atoms with Gasteiger partial charge in [0.2, 0.25) is 5.69 Å². The van der Waals surface area contributed by atoms with Crippen molar-refractivity contribution < 1.29 is 22.7 Å². The first-order chi connectivity index (χ1) is 13.3. The van der Waals surface area contributed by atoms with Gasteiger partial charge < -0.3 is 4.74 Å². The molecule has 146 valence electrons. The van der Waals surface area contributed by atoms with Crippen molar-refractivity contribution in [1.82, 2.24) is 9.78 Å². The summed E-state index contributed by atoms with van der Waals surface area (Å²) < 4.78 is 44.9. The van der Waals surface area contributed by atoms with Crippen LogP contribution in [-0.4, -0.2) is 22.1 Å². The van der Waals surface area contributed by atoms with E-state index in [1.165, 1.54) is 7.05 Å². The van der Waals surface area contributed by atoms with Crippen LogP contribution in [0.5, 0.6) is 5.75 Å². The number of thioether (sulfide) groups is 1. The van der Waals surface area contributed by atoms with Crippen LogP contribution in [0.4, 0.5) is 23.7 Å². The third-order valence-corrected chi connectivity index (χ3v) is 4.62. The molecule has 0 aliphatic carbocycles. The number of ether oxygens (including phenoxy) is 1. The third-order valence-electron chi connectivity index (χ3n) is 3.83. The zero-order valence-corrected chi connectivity index (χ0v) is 15.8. The number of nitrogens with one attached hydrogen (secondary N) is 1. The Morgan fingerprint density at radius 1 is 1.11 bits per heavy atom. The summed E-state index contributed by atoms with van der Waals surface area (Å²) >= 11 is 1.55. The Kier molecular flexibility index (Phi) is 5.64. The van der Waals surface area contributed by atoms with Gasteiger partial charge in [-0.2, -0.15) is 18.3 Å². The summed E-state index contributed by atoms with van der Waals surface area (Å²) in [5.41, 5.74) is 0.785. The van der Waals surface area contributed by atoms with E-state index in [2.05, 4.69) is 10.4 Å². The molecule has 9 heteroatoms. The van der Waals surface area contributed by atoms with Crippen molar-refractivity contribution in [1.29, 1.82) is 0 Å². The molecule has 0 bridgehead atoms. The number of amides is 1. The van der Waals surface area contributed by atoms with Gasteiger partial charge in [0.05, 0.1) is 11.9 Å². The molecule has 1 heterocycles. The second kappa shape index (κ2) is 7.97. The minimum atomic E-state index is -4.73. The van der Waals surface area contributed by atoms with E-state index in [0.717, 1.165) is 26.9 Å². The molecule has 0 unspecified atom stereocenters. The van der Waals surface area contributed by atoms with Crippen molar-refractivity contribution in [2.45, 2.75) is 11.1 Å². The van der Waals surface area contributed by atoms with E-state index in [-0.39, 0.29) is 0 Å². The zero-order chi connectivity index (χ0) is 20.3. The Labute approximate surface area is 163 Å². The number of aromatic nitrogens is 2. The molecule has 0 radical (unpaired) electrons. The maximum atomic E-state index is 13.0. The first-order valence-corrected chi connectivity index (χ1v) is 9.34. The molecule has 3 rings (SSSR count). The van der Waals surface area contributed by atoms with Gasteiger partial charge in [0.25, 0.3) is 0 Å². The van der Waals surface area contributed by atoms with Crippen LogP contribution in [0.25, 0.3) is 11.1 Å². The molecule has 0 fully saturated rings.